The van der Waals surface area contributed by atoms with Crippen LogP contribution in [0.25, 0.3) is 0 Å². The Hall–Kier alpha value is -0.910. The highest BCUT2D eigenvalue weighted by Crippen LogP contribution is 2.26. The van der Waals surface area contributed by atoms with Crippen LogP contribution in [-0.4, -0.2) is 28.5 Å². The summed E-state index contributed by atoms with van der Waals surface area (Å²) in [5.74, 6) is 0.804. The second kappa shape index (κ2) is 6.62. The number of aliphatic hydroxyl groups is 1. The van der Waals surface area contributed by atoms with Crippen molar-refractivity contribution in [1.29, 1.82) is 0 Å². The van der Waals surface area contributed by atoms with Gasteiger partial charge in [0.1, 0.15) is 0 Å². The summed E-state index contributed by atoms with van der Waals surface area (Å²) in [4.78, 5) is 0.883. The Labute approximate surface area is 103 Å². The van der Waals surface area contributed by atoms with E-state index in [1.165, 1.54) is 11.8 Å². The van der Waals surface area contributed by atoms with Gasteiger partial charge in [-0.3, -0.25) is 0 Å². The molecule has 0 fully saturated rings. The van der Waals surface area contributed by atoms with E-state index in [1.807, 2.05) is 6.07 Å². The van der Waals surface area contributed by atoms with Gasteiger partial charge in [0, 0.05) is 27.8 Å². The molecule has 1 aromatic rings. The summed E-state index contributed by atoms with van der Waals surface area (Å²) in [6, 6.07) is 5.21. The molecule has 0 amide bonds. The summed E-state index contributed by atoms with van der Waals surface area (Å²) < 4.78 is 0. The zero-order chi connectivity index (χ0) is 12.0. The maximum absolute atomic E-state index is 8.69. The van der Waals surface area contributed by atoms with Gasteiger partial charge in [0.15, 0.2) is 5.84 Å². The number of benzene rings is 1. The molecular weight excluding hydrogens is 248 g/mol. The molecule has 0 spiro atoms. The molecule has 0 radical (unpaired) electrons. The number of nitrogens with two attached hydrogens (primary N) is 1. The Kier molecular flexibility index (Phi) is 5.45. The maximum atomic E-state index is 8.69. The van der Waals surface area contributed by atoms with Crippen molar-refractivity contribution in [2.75, 3.05) is 12.4 Å². The van der Waals surface area contributed by atoms with Crippen LogP contribution in [0.1, 0.15) is 12.0 Å². The fourth-order valence-corrected chi connectivity index (χ4v) is 2.28. The van der Waals surface area contributed by atoms with E-state index in [0.717, 1.165) is 10.6 Å². The lowest BCUT2D eigenvalue weighted by Crippen LogP contribution is -2.14. The number of hydrogen-bond donors (Lipinski definition) is 3. The fourth-order valence-electron chi connectivity index (χ4n) is 1.13. The van der Waals surface area contributed by atoms with Crippen LogP contribution in [0.2, 0.25) is 5.02 Å². The highest BCUT2D eigenvalue weighted by Gasteiger charge is 2.08. The van der Waals surface area contributed by atoms with Gasteiger partial charge in [-0.05, 0) is 24.6 Å². The Bertz CT molecular complexity index is 385. The molecule has 16 heavy (non-hydrogen) atoms. The van der Waals surface area contributed by atoms with Crippen LogP contribution < -0.4 is 5.73 Å². The van der Waals surface area contributed by atoms with Crippen LogP contribution in [0.3, 0.4) is 0 Å². The van der Waals surface area contributed by atoms with Crippen molar-refractivity contribution in [3.8, 4) is 0 Å². The van der Waals surface area contributed by atoms with Gasteiger partial charge in [0.25, 0.3) is 0 Å². The first kappa shape index (κ1) is 13.2. The van der Waals surface area contributed by atoms with E-state index in [0.29, 0.717) is 17.0 Å². The molecular formula is C10H13ClN2O2S. The predicted octanol–water partition coefficient (Wildman–Crippen LogP) is 1.91. The monoisotopic (exact) mass is 260 g/mol. The first-order valence-electron chi connectivity index (χ1n) is 4.70. The van der Waals surface area contributed by atoms with E-state index in [1.54, 1.807) is 12.1 Å². The number of amidine groups is 1. The van der Waals surface area contributed by atoms with Crippen molar-refractivity contribution in [3.63, 3.8) is 0 Å². The van der Waals surface area contributed by atoms with Crippen molar-refractivity contribution in [2.24, 2.45) is 10.9 Å². The van der Waals surface area contributed by atoms with Crippen LogP contribution >= 0.6 is 23.4 Å². The van der Waals surface area contributed by atoms with Gasteiger partial charge in [-0.15, -0.1) is 11.8 Å². The van der Waals surface area contributed by atoms with Gasteiger partial charge >= 0.3 is 0 Å². The van der Waals surface area contributed by atoms with Crippen LogP contribution in [0, 0.1) is 0 Å². The zero-order valence-corrected chi connectivity index (χ0v) is 10.1. The first-order chi connectivity index (χ1) is 7.69. The molecule has 6 heteroatoms. The lowest BCUT2D eigenvalue weighted by Gasteiger charge is -2.07. The Morgan fingerprint density at radius 3 is 2.88 bits per heavy atom. The van der Waals surface area contributed by atoms with E-state index in [2.05, 4.69) is 5.16 Å². The fraction of sp³-hybridized carbons (Fsp3) is 0.300. The number of nitrogens with zero attached hydrogens (tertiary/aromatic N) is 1. The number of halogens is 1. The molecule has 0 aromatic heterocycles. The molecule has 0 aliphatic rings. The highest BCUT2D eigenvalue weighted by molar-refractivity contribution is 7.99. The smallest absolute Gasteiger partial charge is 0.171 e. The third-order valence-corrected chi connectivity index (χ3v) is 3.28. The lowest BCUT2D eigenvalue weighted by molar-refractivity contribution is 0.296. The average molecular weight is 261 g/mol. The Balaban J connectivity index is 2.89. The van der Waals surface area contributed by atoms with Crippen molar-refractivity contribution in [2.45, 2.75) is 11.3 Å². The van der Waals surface area contributed by atoms with Gasteiger partial charge in [0.05, 0.1) is 0 Å². The second-order valence-electron chi connectivity index (χ2n) is 3.05. The van der Waals surface area contributed by atoms with Gasteiger partial charge in [-0.2, -0.15) is 0 Å². The second-order valence-corrected chi connectivity index (χ2v) is 4.62. The molecule has 0 aliphatic heterocycles. The summed E-state index contributed by atoms with van der Waals surface area (Å²) in [5, 5.41) is 20.8. The molecule has 0 atom stereocenters. The largest absolute Gasteiger partial charge is 0.409 e. The van der Waals surface area contributed by atoms with E-state index in [-0.39, 0.29) is 12.4 Å². The minimum atomic E-state index is 0.0361. The molecule has 0 aliphatic carbocycles. The SMILES string of the molecule is NC(=NO)c1cc(Cl)ccc1SCCCO. The van der Waals surface area contributed by atoms with Gasteiger partial charge < -0.3 is 16.0 Å². The van der Waals surface area contributed by atoms with Crippen LogP contribution in [0.4, 0.5) is 0 Å². The summed E-state index contributed by atoms with van der Waals surface area (Å²) in [6.45, 7) is 0.152. The number of thioether (sulfide) groups is 1. The molecule has 0 bridgehead atoms. The Morgan fingerprint density at radius 2 is 2.25 bits per heavy atom. The molecule has 0 saturated heterocycles. The molecule has 1 aromatic carbocycles. The molecule has 0 saturated carbocycles. The highest BCUT2D eigenvalue weighted by atomic mass is 35.5. The summed E-state index contributed by atoms with van der Waals surface area (Å²) in [6.07, 6.45) is 0.697. The number of rotatable bonds is 5. The van der Waals surface area contributed by atoms with Crippen LogP contribution in [0.5, 0.6) is 0 Å². The molecule has 0 heterocycles. The topological polar surface area (TPSA) is 78.8 Å². The minimum Gasteiger partial charge on any atom is -0.409 e. The standard InChI is InChI=1S/C10H13ClN2O2S/c11-7-2-3-9(16-5-1-4-14)8(6-7)10(12)13-15/h2-3,6,14-15H,1,4-5H2,(H2,12,13). The van der Waals surface area contributed by atoms with Crippen LogP contribution in [-0.2, 0) is 0 Å². The van der Waals surface area contributed by atoms with Crippen molar-refractivity contribution >= 4 is 29.2 Å². The number of oxime groups is 1. The summed E-state index contributed by atoms with van der Waals surface area (Å²) in [7, 11) is 0. The van der Waals surface area contributed by atoms with Crippen molar-refractivity contribution in [1.82, 2.24) is 0 Å². The summed E-state index contributed by atoms with van der Waals surface area (Å²) in [5.41, 5.74) is 6.16. The quantitative estimate of drug-likeness (QED) is 0.189. The normalized spacial score (nSPS) is 11.8. The molecule has 88 valence electrons. The van der Waals surface area contributed by atoms with E-state index >= 15 is 0 Å². The third kappa shape index (κ3) is 3.59. The average Bonchev–Trinajstić information content (AvgIpc) is 2.30. The molecule has 4 N–H and O–H groups in total. The summed E-state index contributed by atoms with van der Waals surface area (Å²) >= 11 is 7.37. The van der Waals surface area contributed by atoms with Gasteiger partial charge in [-0.1, -0.05) is 16.8 Å². The van der Waals surface area contributed by atoms with E-state index in [4.69, 9.17) is 27.6 Å². The number of hydrogen-bond acceptors (Lipinski definition) is 4. The third-order valence-electron chi connectivity index (χ3n) is 1.89. The predicted molar refractivity (Wildman–Crippen MR) is 66.4 cm³/mol. The van der Waals surface area contributed by atoms with Gasteiger partial charge in [-0.25, -0.2) is 0 Å². The first-order valence-corrected chi connectivity index (χ1v) is 6.06. The van der Waals surface area contributed by atoms with E-state index in [9.17, 15) is 0 Å². The lowest BCUT2D eigenvalue weighted by atomic mass is 10.2. The Morgan fingerprint density at radius 1 is 1.50 bits per heavy atom. The zero-order valence-electron chi connectivity index (χ0n) is 8.56. The minimum absolute atomic E-state index is 0.0361. The maximum Gasteiger partial charge on any atom is 0.171 e. The molecule has 4 nitrogen and oxygen atoms in total. The van der Waals surface area contributed by atoms with E-state index < -0.39 is 0 Å². The molecule has 1 rings (SSSR count). The van der Waals surface area contributed by atoms with Crippen LogP contribution in [0.15, 0.2) is 28.3 Å². The van der Waals surface area contributed by atoms with Crippen molar-refractivity contribution in [3.05, 3.63) is 28.8 Å². The molecule has 0 unspecified atom stereocenters. The number of aliphatic hydroxyl groups excluding tert-OH is 1. The van der Waals surface area contributed by atoms with Gasteiger partial charge in [0.2, 0.25) is 0 Å². The van der Waals surface area contributed by atoms with Crippen molar-refractivity contribution < 1.29 is 10.3 Å².